The predicted molar refractivity (Wildman–Crippen MR) is 176 cm³/mol. The van der Waals surface area contributed by atoms with Gasteiger partial charge >= 0.3 is 6.01 Å². The molecule has 3 aliphatic rings. The van der Waals surface area contributed by atoms with Gasteiger partial charge in [-0.15, -0.1) is 6.42 Å². The lowest BCUT2D eigenvalue weighted by molar-refractivity contribution is 0.0738. The Morgan fingerprint density at radius 2 is 1.77 bits per heavy atom. The number of aromatic hydroxyl groups is 1. The minimum atomic E-state index is -1.06. The fraction of sp³-hybridized carbons (Fsp3) is 0.444. The largest absolute Gasteiger partial charge is 0.508 e. The third-order valence-electron chi connectivity index (χ3n) is 10.7. The summed E-state index contributed by atoms with van der Waals surface area (Å²) in [6.07, 6.45) is 12.8. The summed E-state index contributed by atoms with van der Waals surface area (Å²) in [5.41, 5.74) is -1.38. The highest BCUT2D eigenvalue weighted by atomic mass is 19.1. The van der Waals surface area contributed by atoms with Crippen molar-refractivity contribution in [3.05, 3.63) is 47.3 Å². The molecule has 0 bridgehead atoms. The van der Waals surface area contributed by atoms with Crippen molar-refractivity contribution in [3.63, 3.8) is 0 Å². The van der Waals surface area contributed by atoms with Crippen molar-refractivity contribution in [2.45, 2.75) is 56.0 Å². The van der Waals surface area contributed by atoms with Crippen molar-refractivity contribution in [2.24, 2.45) is 0 Å². The SMILES string of the molecule is C#Cc1c(F)ccc2cc(O)cc(-c3c(F)c(OC)c4c(NCC5(N(C)C)CCC5)nc(OCC56CCCN5CCC6)nc4c3F)c12. The van der Waals surface area contributed by atoms with Crippen LogP contribution in [0.15, 0.2) is 24.3 Å². The number of hydrogen-bond acceptors (Lipinski definition) is 8. The zero-order chi connectivity index (χ0) is 33.1. The van der Waals surface area contributed by atoms with E-state index in [9.17, 15) is 9.50 Å². The van der Waals surface area contributed by atoms with E-state index < -0.39 is 23.0 Å². The van der Waals surface area contributed by atoms with E-state index in [0.29, 0.717) is 18.5 Å². The van der Waals surface area contributed by atoms with E-state index >= 15 is 8.78 Å². The molecule has 1 aliphatic carbocycles. The molecule has 2 aliphatic heterocycles. The molecule has 0 radical (unpaired) electrons. The number of methoxy groups -OCH3 is 1. The van der Waals surface area contributed by atoms with Gasteiger partial charge in [-0.05, 0) is 95.7 Å². The monoisotopic (exact) mass is 645 g/mol. The maximum atomic E-state index is 17.0. The van der Waals surface area contributed by atoms with Gasteiger partial charge in [0.2, 0.25) is 0 Å². The smallest absolute Gasteiger partial charge is 0.319 e. The number of fused-ring (bicyclic) bond motifs is 3. The molecule has 2 saturated heterocycles. The molecule has 0 atom stereocenters. The Labute approximate surface area is 271 Å². The molecule has 0 spiro atoms. The number of halogens is 3. The first-order chi connectivity index (χ1) is 22.6. The van der Waals surface area contributed by atoms with Gasteiger partial charge in [0, 0.05) is 23.0 Å². The summed E-state index contributed by atoms with van der Waals surface area (Å²) in [6.45, 7) is 2.83. The number of aromatic nitrogens is 2. The van der Waals surface area contributed by atoms with Gasteiger partial charge in [-0.25, -0.2) is 13.2 Å². The quantitative estimate of drug-likeness (QED) is 0.201. The minimum Gasteiger partial charge on any atom is -0.508 e. The summed E-state index contributed by atoms with van der Waals surface area (Å²) in [5.74, 6) is -0.925. The highest BCUT2D eigenvalue weighted by Gasteiger charge is 2.45. The van der Waals surface area contributed by atoms with Crippen LogP contribution in [0.4, 0.5) is 19.0 Å². The van der Waals surface area contributed by atoms with Gasteiger partial charge in [0.1, 0.15) is 29.5 Å². The van der Waals surface area contributed by atoms with Crippen LogP contribution < -0.4 is 14.8 Å². The maximum Gasteiger partial charge on any atom is 0.319 e. The number of hydrogen-bond donors (Lipinski definition) is 2. The number of likely N-dealkylation sites (N-methyl/N-ethyl adjacent to an activating group) is 1. The molecule has 4 aromatic rings. The van der Waals surface area contributed by atoms with Crippen LogP contribution >= 0.6 is 0 Å². The van der Waals surface area contributed by atoms with Gasteiger partial charge in [0.15, 0.2) is 17.4 Å². The van der Waals surface area contributed by atoms with E-state index in [1.54, 1.807) is 0 Å². The molecule has 47 heavy (non-hydrogen) atoms. The van der Waals surface area contributed by atoms with Crippen LogP contribution in [-0.2, 0) is 0 Å². The first-order valence-corrected chi connectivity index (χ1v) is 16.1. The van der Waals surface area contributed by atoms with Crippen molar-refractivity contribution in [2.75, 3.05) is 52.8 Å². The second-order valence-electron chi connectivity index (χ2n) is 13.3. The first-order valence-electron chi connectivity index (χ1n) is 16.1. The Morgan fingerprint density at radius 1 is 1.02 bits per heavy atom. The molecule has 7 rings (SSSR count). The number of nitrogens with one attached hydrogen (secondary N) is 1. The van der Waals surface area contributed by atoms with Gasteiger partial charge in [0.25, 0.3) is 0 Å². The van der Waals surface area contributed by atoms with Crippen molar-refractivity contribution in [1.29, 1.82) is 0 Å². The van der Waals surface area contributed by atoms with E-state index in [2.05, 4.69) is 31.0 Å². The summed E-state index contributed by atoms with van der Waals surface area (Å²) in [6, 6.07) is 5.03. The minimum absolute atomic E-state index is 0.0150. The second-order valence-corrected chi connectivity index (χ2v) is 13.3. The number of terminal acetylenes is 1. The Morgan fingerprint density at radius 3 is 2.40 bits per heavy atom. The molecule has 11 heteroatoms. The average Bonchev–Trinajstić information content (AvgIpc) is 3.61. The summed E-state index contributed by atoms with van der Waals surface area (Å²) in [5, 5.41) is 14.4. The molecule has 3 fully saturated rings. The first kappa shape index (κ1) is 31.3. The van der Waals surface area contributed by atoms with Crippen LogP contribution in [0.3, 0.4) is 0 Å². The van der Waals surface area contributed by atoms with Crippen molar-refractivity contribution in [3.8, 4) is 41.0 Å². The third-order valence-corrected chi connectivity index (χ3v) is 10.7. The summed E-state index contributed by atoms with van der Waals surface area (Å²) in [7, 11) is 5.31. The molecular weight excluding hydrogens is 607 g/mol. The number of nitrogens with zero attached hydrogens (tertiary/aromatic N) is 4. The van der Waals surface area contributed by atoms with Gasteiger partial charge in [-0.2, -0.15) is 9.97 Å². The third kappa shape index (κ3) is 5.00. The molecule has 0 amide bonds. The fourth-order valence-corrected chi connectivity index (χ4v) is 7.91. The molecule has 2 N–H and O–H groups in total. The van der Waals surface area contributed by atoms with Crippen molar-refractivity contribution >= 4 is 27.5 Å². The van der Waals surface area contributed by atoms with Gasteiger partial charge in [0.05, 0.1) is 29.2 Å². The van der Waals surface area contributed by atoms with Gasteiger partial charge in [-0.1, -0.05) is 12.0 Å². The number of rotatable bonds is 9. The number of benzene rings is 3. The Balaban J connectivity index is 1.43. The molecule has 3 heterocycles. The van der Waals surface area contributed by atoms with Crippen molar-refractivity contribution in [1.82, 2.24) is 19.8 Å². The number of phenolic OH excluding ortho intramolecular Hbond substituents is 1. The van der Waals surface area contributed by atoms with E-state index in [4.69, 9.17) is 15.9 Å². The normalized spacial score (nSPS) is 18.3. The molecular formula is C36H38F3N5O3. The highest BCUT2D eigenvalue weighted by Crippen LogP contribution is 2.46. The van der Waals surface area contributed by atoms with Crippen LogP contribution in [0.5, 0.6) is 17.5 Å². The van der Waals surface area contributed by atoms with E-state index in [-0.39, 0.29) is 61.8 Å². The zero-order valence-corrected chi connectivity index (χ0v) is 26.9. The van der Waals surface area contributed by atoms with Crippen LogP contribution in [0.1, 0.15) is 50.5 Å². The maximum absolute atomic E-state index is 17.0. The Kier molecular flexibility index (Phi) is 7.84. The van der Waals surface area contributed by atoms with Crippen LogP contribution in [-0.4, -0.2) is 83.4 Å². The van der Waals surface area contributed by atoms with Crippen molar-refractivity contribution < 1.29 is 27.8 Å². The second kappa shape index (κ2) is 11.8. The number of anilines is 1. The van der Waals surface area contributed by atoms with Gasteiger partial charge < -0.3 is 24.8 Å². The summed E-state index contributed by atoms with van der Waals surface area (Å²) < 4.78 is 60.5. The highest BCUT2D eigenvalue weighted by molar-refractivity contribution is 6.06. The molecule has 1 aromatic heterocycles. The predicted octanol–water partition coefficient (Wildman–Crippen LogP) is 6.47. The lowest BCUT2D eigenvalue weighted by atomic mass is 9.75. The van der Waals surface area contributed by atoms with Crippen LogP contribution in [0.25, 0.3) is 32.8 Å². The molecule has 3 aromatic carbocycles. The van der Waals surface area contributed by atoms with Gasteiger partial charge in [-0.3, -0.25) is 4.90 Å². The zero-order valence-electron chi connectivity index (χ0n) is 26.9. The summed E-state index contributed by atoms with van der Waals surface area (Å²) >= 11 is 0. The summed E-state index contributed by atoms with van der Waals surface area (Å²) in [4.78, 5) is 13.8. The Bertz CT molecular complexity index is 1930. The molecule has 8 nitrogen and oxygen atoms in total. The van der Waals surface area contributed by atoms with E-state index in [1.165, 1.54) is 25.3 Å². The lowest BCUT2D eigenvalue weighted by Crippen LogP contribution is -2.54. The standard InChI is InChI=1S/C36H38F3N5O3/c1-5-23-25(37)10-9-21-17-22(45)18-24(26(21)23)27-29(38)31-28(32(46-4)30(27)39)33(40-19-35(43(2)3)11-6-12-35)42-34(41-31)47-20-36-13-7-15-44(36)16-8-14-36/h1,9-10,17-18,45H,6-8,11-16,19-20H2,2-4H3,(H,40,41,42). The molecule has 246 valence electrons. The van der Waals surface area contributed by atoms with E-state index in [0.717, 1.165) is 64.1 Å². The Hall–Kier alpha value is -4.27. The lowest BCUT2D eigenvalue weighted by Gasteiger charge is -2.47. The topological polar surface area (TPSA) is 83.0 Å². The number of ether oxygens (including phenoxy) is 2. The van der Waals surface area contributed by atoms with Crippen LogP contribution in [0, 0.1) is 29.8 Å². The van der Waals surface area contributed by atoms with E-state index in [1.807, 2.05) is 14.1 Å². The molecule has 1 saturated carbocycles. The molecule has 0 unspecified atom stereocenters. The fourth-order valence-electron chi connectivity index (χ4n) is 7.91. The van der Waals surface area contributed by atoms with Crippen LogP contribution in [0.2, 0.25) is 0 Å². The average molecular weight is 646 g/mol. The number of phenols is 1.